The molecule has 0 bridgehead atoms. The normalized spacial score (nSPS) is 16.6. The van der Waals surface area contributed by atoms with Gasteiger partial charge < -0.3 is 23.3 Å². The highest BCUT2D eigenvalue weighted by atomic mass is 32.2. The molecule has 3 aliphatic heterocycles. The fourth-order valence-corrected chi connectivity index (χ4v) is 4.46. The second-order valence-electron chi connectivity index (χ2n) is 7.02. The van der Waals surface area contributed by atoms with Crippen LogP contribution in [0.15, 0.2) is 24.3 Å². The van der Waals surface area contributed by atoms with Gasteiger partial charge in [0, 0.05) is 29.9 Å². The highest BCUT2D eigenvalue weighted by Gasteiger charge is 2.31. The summed E-state index contributed by atoms with van der Waals surface area (Å²) >= 11 is 0. The molecule has 7 nitrogen and oxygen atoms in total. The molecule has 0 amide bonds. The Kier molecular flexibility index (Phi) is 3.74. The van der Waals surface area contributed by atoms with E-state index >= 15 is 0 Å². The van der Waals surface area contributed by atoms with Gasteiger partial charge in [-0.1, -0.05) is 6.07 Å². The molecule has 28 heavy (non-hydrogen) atoms. The summed E-state index contributed by atoms with van der Waals surface area (Å²) in [6.45, 7) is 1.60. The molecular formula is C20H19NO6S. The third-order valence-electron chi connectivity index (χ3n) is 5.22. The van der Waals surface area contributed by atoms with E-state index in [4.69, 9.17) is 18.4 Å². The first-order valence-electron chi connectivity index (χ1n) is 8.92. The Morgan fingerprint density at radius 3 is 2.68 bits per heavy atom. The zero-order chi connectivity index (χ0) is 19.5. The predicted molar refractivity (Wildman–Crippen MR) is 103 cm³/mol. The van der Waals surface area contributed by atoms with Crippen LogP contribution < -0.4 is 18.4 Å². The molecule has 0 aliphatic carbocycles. The number of rotatable bonds is 3. The number of fused-ring (bicyclic) bond motifs is 5. The van der Waals surface area contributed by atoms with Crippen molar-refractivity contribution >= 4 is 21.9 Å². The predicted octanol–water partition coefficient (Wildman–Crippen LogP) is 2.63. The van der Waals surface area contributed by atoms with Crippen molar-refractivity contribution in [3.63, 3.8) is 0 Å². The molecule has 8 heteroatoms. The highest BCUT2D eigenvalue weighted by Crippen LogP contribution is 2.45. The Bertz CT molecular complexity index is 1120. The summed E-state index contributed by atoms with van der Waals surface area (Å²) in [5.41, 5.74) is 5.13. The van der Waals surface area contributed by atoms with E-state index in [0.29, 0.717) is 12.3 Å². The summed E-state index contributed by atoms with van der Waals surface area (Å²) < 4.78 is 45.2. The number of hydrogen-bond donors (Lipinski definition) is 0. The van der Waals surface area contributed by atoms with Gasteiger partial charge in [0.05, 0.1) is 13.4 Å². The van der Waals surface area contributed by atoms with Gasteiger partial charge in [0.1, 0.15) is 0 Å². The van der Waals surface area contributed by atoms with Gasteiger partial charge in [-0.15, -0.1) is 0 Å². The van der Waals surface area contributed by atoms with Gasteiger partial charge >= 0.3 is 10.1 Å². The standard InChI is InChI=1S/C20H19NO6S/c1-24-17-4-3-12-7-16-14-9-19-18(25-11-26-19)8-13(14)5-6-21(16)10-15(12)20(17)27-28(2,22)23/h3-4,7-9H,5-6,10-11H2,1-2H3. The van der Waals surface area contributed by atoms with Crippen LogP contribution in [0.25, 0.3) is 11.8 Å². The average molecular weight is 401 g/mol. The lowest BCUT2D eigenvalue weighted by molar-refractivity contribution is 0.174. The van der Waals surface area contributed by atoms with Crippen LogP contribution in [0.4, 0.5) is 0 Å². The van der Waals surface area contributed by atoms with Gasteiger partial charge in [0.2, 0.25) is 6.79 Å². The molecule has 5 rings (SSSR count). The second-order valence-corrected chi connectivity index (χ2v) is 8.59. The molecule has 0 unspecified atom stereocenters. The first-order chi connectivity index (χ1) is 13.4. The van der Waals surface area contributed by atoms with Crippen molar-refractivity contribution in [1.29, 1.82) is 0 Å². The fraction of sp³-hybridized carbons (Fsp3) is 0.300. The Hall–Kier alpha value is -2.87. The molecule has 0 N–H and O–H groups in total. The number of nitrogens with zero attached hydrogens (tertiary/aromatic N) is 1. The molecule has 3 heterocycles. The van der Waals surface area contributed by atoms with Crippen molar-refractivity contribution in [2.75, 3.05) is 26.7 Å². The maximum absolute atomic E-state index is 11.8. The van der Waals surface area contributed by atoms with Gasteiger partial charge in [-0.05, 0) is 41.8 Å². The lowest BCUT2D eigenvalue weighted by Gasteiger charge is -2.37. The second kappa shape index (κ2) is 6.07. The van der Waals surface area contributed by atoms with Crippen LogP contribution in [-0.4, -0.2) is 40.0 Å². The van der Waals surface area contributed by atoms with E-state index < -0.39 is 10.1 Å². The van der Waals surface area contributed by atoms with Crippen LogP contribution in [0.2, 0.25) is 0 Å². The van der Waals surface area contributed by atoms with Crippen LogP contribution in [0.1, 0.15) is 22.3 Å². The van der Waals surface area contributed by atoms with Crippen molar-refractivity contribution in [2.45, 2.75) is 13.0 Å². The topological polar surface area (TPSA) is 74.3 Å². The lowest BCUT2D eigenvalue weighted by atomic mass is 9.90. The first kappa shape index (κ1) is 17.2. The molecule has 0 saturated heterocycles. The van der Waals surface area contributed by atoms with Crippen molar-refractivity contribution in [3.8, 4) is 23.0 Å². The molecule has 2 aromatic carbocycles. The molecule has 3 aliphatic rings. The molecule has 0 fully saturated rings. The van der Waals surface area contributed by atoms with E-state index in [1.54, 1.807) is 6.07 Å². The van der Waals surface area contributed by atoms with Crippen LogP contribution in [0.3, 0.4) is 0 Å². The van der Waals surface area contributed by atoms with E-state index in [-0.39, 0.29) is 12.5 Å². The number of benzene rings is 2. The van der Waals surface area contributed by atoms with Gasteiger partial charge in [-0.3, -0.25) is 0 Å². The fourth-order valence-electron chi connectivity index (χ4n) is 3.97. The Balaban J connectivity index is 1.65. The van der Waals surface area contributed by atoms with Crippen molar-refractivity contribution in [1.82, 2.24) is 4.90 Å². The van der Waals surface area contributed by atoms with E-state index in [9.17, 15) is 8.42 Å². The Morgan fingerprint density at radius 1 is 1.14 bits per heavy atom. The summed E-state index contributed by atoms with van der Waals surface area (Å²) in [5, 5.41) is 0. The molecule has 0 atom stereocenters. The van der Waals surface area contributed by atoms with Crippen LogP contribution >= 0.6 is 0 Å². The maximum Gasteiger partial charge on any atom is 0.306 e. The average Bonchev–Trinajstić information content (AvgIpc) is 3.11. The zero-order valence-corrected chi connectivity index (χ0v) is 16.3. The molecule has 0 radical (unpaired) electrons. The zero-order valence-electron chi connectivity index (χ0n) is 15.5. The number of ether oxygens (including phenoxy) is 3. The van der Waals surface area contributed by atoms with Gasteiger partial charge in [-0.25, -0.2) is 0 Å². The van der Waals surface area contributed by atoms with E-state index in [1.165, 1.54) is 12.7 Å². The van der Waals surface area contributed by atoms with Gasteiger partial charge in [0.25, 0.3) is 0 Å². The quantitative estimate of drug-likeness (QED) is 0.732. The maximum atomic E-state index is 11.8. The molecule has 0 aromatic heterocycles. The summed E-state index contributed by atoms with van der Waals surface area (Å²) in [7, 11) is -2.18. The van der Waals surface area contributed by atoms with Crippen LogP contribution in [0.5, 0.6) is 23.0 Å². The van der Waals surface area contributed by atoms with Crippen molar-refractivity contribution < 1.29 is 26.8 Å². The Morgan fingerprint density at radius 2 is 1.93 bits per heavy atom. The molecule has 0 spiro atoms. The van der Waals surface area contributed by atoms with Crippen molar-refractivity contribution in [3.05, 3.63) is 46.5 Å². The lowest BCUT2D eigenvalue weighted by Crippen LogP contribution is -2.31. The monoisotopic (exact) mass is 401 g/mol. The van der Waals surface area contributed by atoms with E-state index in [2.05, 4.69) is 17.0 Å². The Labute approximate surface area is 163 Å². The van der Waals surface area contributed by atoms with Gasteiger partial charge in [-0.2, -0.15) is 8.42 Å². The third kappa shape index (κ3) is 2.75. The van der Waals surface area contributed by atoms with Crippen LogP contribution in [0, 0.1) is 0 Å². The SMILES string of the molecule is COc1ccc2c(c1OS(C)(=O)=O)CN1CCc3cc4c(cc3C1=C2)OCO4. The molecule has 2 aromatic rings. The minimum atomic E-state index is -3.68. The first-order valence-corrected chi connectivity index (χ1v) is 10.7. The molecule has 146 valence electrons. The largest absolute Gasteiger partial charge is 0.493 e. The van der Waals surface area contributed by atoms with Crippen LogP contribution in [-0.2, 0) is 23.1 Å². The summed E-state index contributed by atoms with van der Waals surface area (Å²) in [6.07, 6.45) is 3.97. The smallest absolute Gasteiger partial charge is 0.306 e. The molecule has 0 saturated carbocycles. The van der Waals surface area contributed by atoms with Gasteiger partial charge in [0.15, 0.2) is 23.0 Å². The minimum absolute atomic E-state index is 0.246. The van der Waals surface area contributed by atoms with Crippen molar-refractivity contribution in [2.24, 2.45) is 0 Å². The van der Waals surface area contributed by atoms with E-state index in [0.717, 1.165) is 53.1 Å². The minimum Gasteiger partial charge on any atom is -0.493 e. The summed E-state index contributed by atoms with van der Waals surface area (Å²) in [4.78, 5) is 2.22. The van der Waals surface area contributed by atoms with E-state index in [1.807, 2.05) is 12.1 Å². The third-order valence-corrected chi connectivity index (χ3v) is 5.69. The molecular weight excluding hydrogens is 382 g/mol. The highest BCUT2D eigenvalue weighted by molar-refractivity contribution is 7.86. The summed E-state index contributed by atoms with van der Waals surface area (Å²) in [5.74, 6) is 2.21. The summed E-state index contributed by atoms with van der Waals surface area (Å²) in [6, 6.07) is 7.74. The number of methoxy groups -OCH3 is 1. The number of hydrogen-bond acceptors (Lipinski definition) is 7.